The van der Waals surface area contributed by atoms with E-state index < -0.39 is 5.97 Å². The summed E-state index contributed by atoms with van der Waals surface area (Å²) >= 11 is 0. The fraction of sp³-hybridized carbons (Fsp3) is 0.286. The van der Waals surface area contributed by atoms with Gasteiger partial charge in [0.05, 0.1) is 12.1 Å². The van der Waals surface area contributed by atoms with Gasteiger partial charge in [-0.25, -0.2) is 0 Å². The van der Waals surface area contributed by atoms with E-state index in [2.05, 4.69) is 11.7 Å². The third kappa shape index (κ3) is 5.25. The maximum Gasteiger partial charge on any atom is 0.309 e. The topological polar surface area (TPSA) is 68.1 Å². The average molecular weight is 263 g/mol. The van der Waals surface area contributed by atoms with Crippen LogP contribution in [0.15, 0.2) is 42.1 Å². The van der Waals surface area contributed by atoms with Gasteiger partial charge >= 0.3 is 5.97 Å². The number of hydrogen-bond donors (Lipinski definition) is 1. The van der Waals surface area contributed by atoms with Gasteiger partial charge in [-0.1, -0.05) is 17.8 Å². The van der Waals surface area contributed by atoms with Crippen LogP contribution in [0.3, 0.4) is 0 Å². The van der Waals surface area contributed by atoms with E-state index in [1.54, 1.807) is 37.3 Å². The van der Waals surface area contributed by atoms with Crippen molar-refractivity contribution in [3.05, 3.63) is 42.5 Å². The van der Waals surface area contributed by atoms with Crippen molar-refractivity contribution in [3.63, 3.8) is 0 Å². The molecule has 0 saturated heterocycles. The minimum atomic E-state index is -0.953. The first-order valence-electron chi connectivity index (χ1n) is 5.92. The molecular formula is C14H17NO4. The summed E-state index contributed by atoms with van der Waals surface area (Å²) in [6.07, 6.45) is 1.47. The summed E-state index contributed by atoms with van der Waals surface area (Å²) in [6.45, 7) is 6.17. The molecule has 1 N–H and O–H groups in total. The molecule has 0 aliphatic heterocycles. The van der Waals surface area contributed by atoms with Crippen LogP contribution in [0, 0.1) is 0 Å². The molecule has 1 aromatic carbocycles. The van der Waals surface area contributed by atoms with Crippen molar-refractivity contribution >= 4 is 11.7 Å². The van der Waals surface area contributed by atoms with Crippen LogP contribution in [0.1, 0.15) is 18.9 Å². The van der Waals surface area contributed by atoms with E-state index in [-0.39, 0.29) is 6.42 Å². The molecule has 19 heavy (non-hydrogen) atoms. The second-order valence-electron chi connectivity index (χ2n) is 3.65. The highest BCUT2D eigenvalue weighted by Gasteiger charge is 2.10. The molecule has 0 unspecified atom stereocenters. The van der Waals surface area contributed by atoms with Crippen molar-refractivity contribution in [3.8, 4) is 5.75 Å². The zero-order chi connectivity index (χ0) is 14.1. The predicted molar refractivity (Wildman–Crippen MR) is 72.5 cm³/mol. The molecule has 0 aliphatic rings. The van der Waals surface area contributed by atoms with Crippen molar-refractivity contribution in [2.24, 2.45) is 5.16 Å². The van der Waals surface area contributed by atoms with Crippen LogP contribution in [-0.4, -0.2) is 30.0 Å². The molecule has 0 radical (unpaired) electrons. The maximum atomic E-state index is 10.8. The molecule has 0 fully saturated rings. The van der Waals surface area contributed by atoms with Gasteiger partial charge in [0.15, 0.2) is 0 Å². The lowest BCUT2D eigenvalue weighted by Gasteiger charge is -2.06. The average Bonchev–Trinajstić information content (AvgIpc) is 2.41. The van der Waals surface area contributed by atoms with E-state index in [0.717, 1.165) is 0 Å². The van der Waals surface area contributed by atoms with E-state index in [4.69, 9.17) is 14.7 Å². The molecule has 1 rings (SSSR count). The number of benzene rings is 1. The standard InChI is InChI=1S/C14H17NO4/c1-3-9-18-12-7-5-11(6-8-12)13(10-14(16)17)15-19-4-2/h3,5-8H,1,4,9-10H2,2H3,(H,16,17)/b15-13-. The summed E-state index contributed by atoms with van der Waals surface area (Å²) in [4.78, 5) is 15.7. The van der Waals surface area contributed by atoms with Crippen LogP contribution in [-0.2, 0) is 9.63 Å². The van der Waals surface area contributed by atoms with Gasteiger partial charge in [-0.15, -0.1) is 0 Å². The van der Waals surface area contributed by atoms with Gasteiger partial charge in [-0.05, 0) is 31.2 Å². The van der Waals surface area contributed by atoms with Gasteiger partial charge in [0.2, 0.25) is 0 Å². The van der Waals surface area contributed by atoms with Gasteiger partial charge in [-0.3, -0.25) is 4.79 Å². The molecule has 0 aromatic heterocycles. The first-order valence-corrected chi connectivity index (χ1v) is 5.92. The van der Waals surface area contributed by atoms with Crippen LogP contribution in [0.25, 0.3) is 0 Å². The summed E-state index contributed by atoms with van der Waals surface area (Å²) in [6, 6.07) is 7.00. The minimum Gasteiger partial charge on any atom is -0.490 e. The monoisotopic (exact) mass is 263 g/mol. The number of nitrogens with zero attached hydrogens (tertiary/aromatic N) is 1. The number of oxime groups is 1. The SMILES string of the molecule is C=CCOc1ccc(/C(CC(=O)O)=N\OCC)cc1. The zero-order valence-corrected chi connectivity index (χ0v) is 10.8. The van der Waals surface area contributed by atoms with Crippen LogP contribution in [0.4, 0.5) is 0 Å². The largest absolute Gasteiger partial charge is 0.490 e. The van der Waals surface area contributed by atoms with Crippen molar-refractivity contribution in [1.82, 2.24) is 0 Å². The Morgan fingerprint density at radius 3 is 2.63 bits per heavy atom. The number of carboxylic acids is 1. The van der Waals surface area contributed by atoms with Crippen molar-refractivity contribution in [2.45, 2.75) is 13.3 Å². The Morgan fingerprint density at radius 1 is 1.42 bits per heavy atom. The van der Waals surface area contributed by atoms with E-state index in [1.165, 1.54) is 0 Å². The number of aliphatic carboxylic acids is 1. The first-order chi connectivity index (χ1) is 9.17. The summed E-state index contributed by atoms with van der Waals surface area (Å²) in [5.41, 5.74) is 1.08. The molecular weight excluding hydrogens is 246 g/mol. The second kappa shape index (κ2) is 7.92. The molecule has 0 saturated carbocycles. The molecule has 102 valence electrons. The van der Waals surface area contributed by atoms with Crippen molar-refractivity contribution in [1.29, 1.82) is 0 Å². The Bertz CT molecular complexity index is 451. The van der Waals surface area contributed by atoms with E-state index in [9.17, 15) is 4.79 Å². The number of ether oxygens (including phenoxy) is 1. The number of carboxylic acid groups (broad SMARTS) is 1. The Morgan fingerprint density at radius 2 is 2.11 bits per heavy atom. The lowest BCUT2D eigenvalue weighted by atomic mass is 10.1. The molecule has 1 aromatic rings. The van der Waals surface area contributed by atoms with Crippen LogP contribution in [0.5, 0.6) is 5.75 Å². The van der Waals surface area contributed by atoms with E-state index in [0.29, 0.717) is 30.2 Å². The second-order valence-corrected chi connectivity index (χ2v) is 3.65. The predicted octanol–water partition coefficient (Wildman–Crippen LogP) is 2.47. The molecule has 0 spiro atoms. The normalized spacial score (nSPS) is 10.9. The summed E-state index contributed by atoms with van der Waals surface area (Å²) in [5, 5.41) is 12.7. The fourth-order valence-corrected chi connectivity index (χ4v) is 1.37. The molecule has 0 heterocycles. The maximum absolute atomic E-state index is 10.8. The highest BCUT2D eigenvalue weighted by molar-refractivity contribution is 6.08. The van der Waals surface area contributed by atoms with Crippen molar-refractivity contribution < 1.29 is 19.5 Å². The zero-order valence-electron chi connectivity index (χ0n) is 10.8. The lowest BCUT2D eigenvalue weighted by molar-refractivity contribution is -0.135. The number of rotatable bonds is 8. The van der Waals surface area contributed by atoms with Gasteiger partial charge in [0.1, 0.15) is 19.0 Å². The molecule has 5 nitrogen and oxygen atoms in total. The van der Waals surface area contributed by atoms with Gasteiger partial charge in [0, 0.05) is 5.56 Å². The number of hydrogen-bond acceptors (Lipinski definition) is 4. The third-order valence-corrected chi connectivity index (χ3v) is 2.18. The lowest BCUT2D eigenvalue weighted by Crippen LogP contribution is -2.09. The quantitative estimate of drug-likeness (QED) is 0.444. The Hall–Kier alpha value is -2.30. The van der Waals surface area contributed by atoms with Crippen LogP contribution < -0.4 is 4.74 Å². The molecule has 0 aliphatic carbocycles. The molecule has 5 heteroatoms. The van der Waals surface area contributed by atoms with E-state index >= 15 is 0 Å². The summed E-state index contributed by atoms with van der Waals surface area (Å²) in [5.74, 6) is -0.264. The van der Waals surface area contributed by atoms with Gasteiger partial charge in [-0.2, -0.15) is 0 Å². The van der Waals surface area contributed by atoms with Crippen LogP contribution >= 0.6 is 0 Å². The van der Waals surface area contributed by atoms with Gasteiger partial charge < -0.3 is 14.7 Å². The molecule has 0 bridgehead atoms. The highest BCUT2D eigenvalue weighted by Crippen LogP contribution is 2.14. The van der Waals surface area contributed by atoms with E-state index in [1.807, 2.05) is 0 Å². The number of carbonyl (C=O) groups is 1. The highest BCUT2D eigenvalue weighted by atomic mass is 16.6. The van der Waals surface area contributed by atoms with Gasteiger partial charge in [0.25, 0.3) is 0 Å². The fourth-order valence-electron chi connectivity index (χ4n) is 1.37. The van der Waals surface area contributed by atoms with Crippen LogP contribution in [0.2, 0.25) is 0 Å². The Kier molecular flexibility index (Phi) is 6.15. The minimum absolute atomic E-state index is 0.188. The first kappa shape index (κ1) is 14.8. The Labute approximate surface area is 112 Å². The third-order valence-electron chi connectivity index (χ3n) is 2.18. The van der Waals surface area contributed by atoms with Crippen molar-refractivity contribution in [2.75, 3.05) is 13.2 Å². The smallest absolute Gasteiger partial charge is 0.309 e. The molecule has 0 amide bonds. The summed E-state index contributed by atoms with van der Waals surface area (Å²) < 4.78 is 5.35. The Balaban J connectivity index is 2.84. The molecule has 0 atom stereocenters. The summed E-state index contributed by atoms with van der Waals surface area (Å²) in [7, 11) is 0.